The molecule has 1 aliphatic rings. The summed E-state index contributed by atoms with van der Waals surface area (Å²) in [5.41, 5.74) is 2.66. The molecular weight excluding hydrogens is 442 g/mol. The van der Waals surface area contributed by atoms with E-state index in [0.717, 1.165) is 59.0 Å². The van der Waals surface area contributed by atoms with Crippen LogP contribution in [-0.2, 0) is 0 Å². The van der Waals surface area contributed by atoms with Crippen LogP contribution < -0.4 is 24.8 Å². The molecule has 0 spiro atoms. The molecule has 0 saturated carbocycles. The van der Waals surface area contributed by atoms with Crippen molar-refractivity contribution in [2.75, 3.05) is 51.0 Å². The van der Waals surface area contributed by atoms with Crippen LogP contribution in [0.5, 0.6) is 23.0 Å². The van der Waals surface area contributed by atoms with Crippen LogP contribution in [0.2, 0.25) is 0 Å². The van der Waals surface area contributed by atoms with Gasteiger partial charge in [-0.05, 0) is 69.0 Å². The third-order valence-corrected chi connectivity index (χ3v) is 5.62. The van der Waals surface area contributed by atoms with E-state index in [4.69, 9.17) is 14.2 Å². The number of aromatic nitrogens is 2. The van der Waals surface area contributed by atoms with Gasteiger partial charge in [-0.3, -0.25) is 0 Å². The van der Waals surface area contributed by atoms with Gasteiger partial charge in [-0.2, -0.15) is 0 Å². The number of rotatable bonds is 9. The minimum absolute atomic E-state index is 0.604. The van der Waals surface area contributed by atoms with Crippen molar-refractivity contribution < 1.29 is 14.2 Å². The molecular formula is C27H29N5O3. The molecule has 0 fully saturated rings. The third kappa shape index (κ3) is 5.38. The predicted octanol–water partition coefficient (Wildman–Crippen LogP) is 5.30. The van der Waals surface area contributed by atoms with Crippen LogP contribution in [0.15, 0.2) is 67.0 Å². The lowest BCUT2D eigenvalue weighted by molar-refractivity contribution is 0.272. The van der Waals surface area contributed by atoms with Crippen molar-refractivity contribution in [1.29, 1.82) is 0 Å². The second-order valence-electron chi connectivity index (χ2n) is 8.54. The quantitative estimate of drug-likeness (QED) is 0.318. The van der Waals surface area contributed by atoms with E-state index >= 15 is 0 Å². The highest BCUT2D eigenvalue weighted by molar-refractivity contribution is 5.99. The number of hydrogen-bond acceptors (Lipinski definition) is 8. The van der Waals surface area contributed by atoms with Crippen molar-refractivity contribution in [1.82, 2.24) is 14.9 Å². The monoisotopic (exact) mass is 471 g/mol. The molecule has 35 heavy (non-hydrogen) atoms. The van der Waals surface area contributed by atoms with Gasteiger partial charge in [0.25, 0.3) is 0 Å². The molecule has 1 aliphatic heterocycles. The highest BCUT2D eigenvalue weighted by Crippen LogP contribution is 2.39. The van der Waals surface area contributed by atoms with E-state index in [1.807, 2.05) is 60.7 Å². The molecule has 0 amide bonds. The highest BCUT2D eigenvalue weighted by Gasteiger charge is 2.18. The van der Waals surface area contributed by atoms with Gasteiger partial charge in [-0.25, -0.2) is 9.97 Å². The molecule has 2 N–H and O–H groups in total. The maximum Gasteiger partial charge on any atom is 0.169 e. The maximum absolute atomic E-state index is 6.12. The Morgan fingerprint density at radius 3 is 2.66 bits per heavy atom. The van der Waals surface area contributed by atoms with Gasteiger partial charge in [0.2, 0.25) is 0 Å². The molecule has 8 heteroatoms. The molecule has 1 aromatic heterocycles. The molecule has 8 nitrogen and oxygen atoms in total. The fourth-order valence-electron chi connectivity index (χ4n) is 3.93. The summed E-state index contributed by atoms with van der Waals surface area (Å²) in [4.78, 5) is 11.0. The average Bonchev–Trinajstić information content (AvgIpc) is 2.88. The van der Waals surface area contributed by atoms with E-state index in [2.05, 4.69) is 39.6 Å². The summed E-state index contributed by atoms with van der Waals surface area (Å²) in [5, 5.41) is 7.62. The Morgan fingerprint density at radius 1 is 1.00 bits per heavy atom. The second kappa shape index (κ2) is 10.5. The maximum atomic E-state index is 6.12. The Hall–Kier alpha value is -4.04. The average molecular weight is 472 g/mol. The molecule has 0 radical (unpaired) electrons. The summed E-state index contributed by atoms with van der Waals surface area (Å²) in [6, 6.07) is 19.4. The van der Waals surface area contributed by atoms with Gasteiger partial charge in [0.1, 0.15) is 24.5 Å². The lowest BCUT2D eigenvalue weighted by Crippen LogP contribution is -2.18. The minimum atomic E-state index is 0.604. The molecule has 2 heterocycles. The summed E-state index contributed by atoms with van der Waals surface area (Å²) in [6.45, 7) is 3.00. The Labute approximate surface area is 204 Å². The topological polar surface area (TPSA) is 80.8 Å². The Kier molecular flexibility index (Phi) is 6.81. The number of para-hydroxylation sites is 2. The largest absolute Gasteiger partial charge is 0.490 e. The van der Waals surface area contributed by atoms with Crippen molar-refractivity contribution in [3.05, 3.63) is 67.0 Å². The fourth-order valence-corrected chi connectivity index (χ4v) is 3.93. The van der Waals surface area contributed by atoms with Gasteiger partial charge in [0.15, 0.2) is 17.2 Å². The van der Waals surface area contributed by atoms with Gasteiger partial charge in [-0.15, -0.1) is 0 Å². The Morgan fingerprint density at radius 2 is 1.83 bits per heavy atom. The lowest BCUT2D eigenvalue weighted by atomic mass is 10.1. The first-order valence-electron chi connectivity index (χ1n) is 11.7. The van der Waals surface area contributed by atoms with E-state index in [1.165, 1.54) is 0 Å². The molecule has 0 bridgehead atoms. The van der Waals surface area contributed by atoms with Crippen molar-refractivity contribution in [3.8, 4) is 23.0 Å². The fraction of sp³-hybridized carbons (Fsp3) is 0.259. The van der Waals surface area contributed by atoms with Crippen LogP contribution in [0.25, 0.3) is 10.9 Å². The van der Waals surface area contributed by atoms with E-state index in [-0.39, 0.29) is 0 Å². The van der Waals surface area contributed by atoms with Crippen LogP contribution in [0, 0.1) is 0 Å². The number of ether oxygens (including phenoxy) is 3. The summed E-state index contributed by atoms with van der Waals surface area (Å²) < 4.78 is 18.0. The normalized spacial score (nSPS) is 12.5. The Bertz CT molecular complexity index is 1290. The number of benzene rings is 3. The van der Waals surface area contributed by atoms with E-state index in [0.29, 0.717) is 24.8 Å². The first-order valence-corrected chi connectivity index (χ1v) is 11.7. The van der Waals surface area contributed by atoms with Gasteiger partial charge >= 0.3 is 0 Å². The number of nitrogens with zero attached hydrogens (tertiary/aromatic N) is 3. The highest BCUT2D eigenvalue weighted by atomic mass is 16.5. The van der Waals surface area contributed by atoms with Gasteiger partial charge in [-0.1, -0.05) is 12.1 Å². The molecule has 3 aromatic carbocycles. The van der Waals surface area contributed by atoms with Crippen LogP contribution in [0.3, 0.4) is 0 Å². The molecule has 0 aliphatic carbocycles. The smallest absolute Gasteiger partial charge is 0.169 e. The zero-order chi connectivity index (χ0) is 24.0. The standard InChI is InChI=1S/C27H29N5O3/c1-32(2)15-5-16-33-23-6-3-4-7-24(23)35-20-10-8-19(9-11-20)31-27-25-21(29-18-30-27)12-13-22-26(25)34-17-14-28-22/h3-4,6-13,18,28H,5,14-17H2,1-2H3,(H,29,30,31). The molecule has 4 aromatic rings. The van der Waals surface area contributed by atoms with Crippen molar-refractivity contribution in [2.45, 2.75) is 6.42 Å². The van der Waals surface area contributed by atoms with Crippen molar-refractivity contribution >= 4 is 28.1 Å². The minimum Gasteiger partial charge on any atom is -0.490 e. The van der Waals surface area contributed by atoms with Crippen LogP contribution >= 0.6 is 0 Å². The third-order valence-electron chi connectivity index (χ3n) is 5.62. The molecule has 5 rings (SSSR count). The van der Waals surface area contributed by atoms with Crippen LogP contribution in [0.4, 0.5) is 17.2 Å². The summed E-state index contributed by atoms with van der Waals surface area (Å²) >= 11 is 0. The lowest BCUT2D eigenvalue weighted by Gasteiger charge is -2.21. The zero-order valence-corrected chi connectivity index (χ0v) is 20.0. The summed E-state index contributed by atoms with van der Waals surface area (Å²) in [6.07, 6.45) is 2.50. The number of nitrogens with one attached hydrogen (secondary N) is 2. The summed E-state index contributed by atoms with van der Waals surface area (Å²) in [7, 11) is 4.11. The second-order valence-corrected chi connectivity index (χ2v) is 8.54. The Balaban J connectivity index is 1.30. The SMILES string of the molecule is CN(C)CCCOc1ccccc1Oc1ccc(Nc2ncnc3ccc4c(c23)OCCN4)cc1. The van der Waals surface area contributed by atoms with E-state index in [9.17, 15) is 0 Å². The number of fused-ring (bicyclic) bond motifs is 3. The summed E-state index contributed by atoms with van der Waals surface area (Å²) in [5.74, 6) is 3.62. The first-order chi connectivity index (χ1) is 17.2. The molecule has 0 unspecified atom stereocenters. The number of hydrogen-bond donors (Lipinski definition) is 2. The van der Waals surface area contributed by atoms with Crippen molar-refractivity contribution in [2.24, 2.45) is 0 Å². The van der Waals surface area contributed by atoms with Gasteiger partial charge in [0.05, 0.1) is 23.2 Å². The van der Waals surface area contributed by atoms with Gasteiger partial charge in [0, 0.05) is 18.8 Å². The number of anilines is 3. The van der Waals surface area contributed by atoms with Crippen LogP contribution in [0.1, 0.15) is 6.42 Å². The molecule has 180 valence electrons. The molecule has 0 saturated heterocycles. The van der Waals surface area contributed by atoms with Crippen LogP contribution in [-0.4, -0.2) is 55.3 Å². The predicted molar refractivity (Wildman–Crippen MR) is 138 cm³/mol. The molecule has 0 atom stereocenters. The van der Waals surface area contributed by atoms with E-state index < -0.39 is 0 Å². The van der Waals surface area contributed by atoms with Gasteiger partial charge < -0.3 is 29.7 Å². The first kappa shape index (κ1) is 22.7. The van der Waals surface area contributed by atoms with E-state index in [1.54, 1.807) is 6.33 Å². The zero-order valence-electron chi connectivity index (χ0n) is 20.0. The van der Waals surface area contributed by atoms with Crippen molar-refractivity contribution in [3.63, 3.8) is 0 Å².